The van der Waals surface area contributed by atoms with Crippen molar-refractivity contribution >= 4 is 27.3 Å². The third-order valence-electron chi connectivity index (χ3n) is 2.28. The Morgan fingerprint density at radius 3 is 2.50 bits per heavy atom. The van der Waals surface area contributed by atoms with Gasteiger partial charge >= 0.3 is 0 Å². The first-order valence-electron chi connectivity index (χ1n) is 4.85. The molecule has 1 unspecified atom stereocenters. The van der Waals surface area contributed by atoms with Gasteiger partial charge in [-0.25, -0.2) is 0 Å². The monoisotopic (exact) mass is 298 g/mol. The first kappa shape index (κ1) is 11.6. The number of halogens is 1. The van der Waals surface area contributed by atoms with E-state index in [0.29, 0.717) is 6.42 Å². The minimum Gasteiger partial charge on any atom is -0.508 e. The maximum atomic E-state index is 9.98. The lowest BCUT2D eigenvalue weighted by Gasteiger charge is -2.08. The van der Waals surface area contributed by atoms with Gasteiger partial charge in [0.05, 0.1) is 6.10 Å². The van der Waals surface area contributed by atoms with E-state index in [4.69, 9.17) is 5.11 Å². The Kier molecular flexibility index (Phi) is 3.63. The van der Waals surface area contributed by atoms with Crippen molar-refractivity contribution in [3.63, 3.8) is 0 Å². The number of hydrogen-bond acceptors (Lipinski definition) is 3. The van der Waals surface area contributed by atoms with E-state index in [0.717, 1.165) is 14.9 Å². The van der Waals surface area contributed by atoms with Crippen LogP contribution >= 0.6 is 27.3 Å². The molecule has 0 saturated carbocycles. The maximum Gasteiger partial charge on any atom is 0.115 e. The molecule has 0 fully saturated rings. The highest BCUT2D eigenvalue weighted by Crippen LogP contribution is 2.28. The van der Waals surface area contributed by atoms with E-state index in [9.17, 15) is 5.11 Å². The molecule has 0 spiro atoms. The summed E-state index contributed by atoms with van der Waals surface area (Å²) in [6, 6.07) is 8.83. The number of hydrogen-bond donors (Lipinski definition) is 2. The van der Waals surface area contributed by atoms with Crippen molar-refractivity contribution in [1.29, 1.82) is 0 Å². The molecule has 2 N–H and O–H groups in total. The van der Waals surface area contributed by atoms with Gasteiger partial charge in [-0.05, 0) is 39.7 Å². The normalized spacial score (nSPS) is 12.6. The molecule has 1 atom stereocenters. The molecule has 0 bridgehead atoms. The molecular formula is C12H11BrO2S. The average Bonchev–Trinajstić information content (AvgIpc) is 2.68. The third-order valence-corrected chi connectivity index (χ3v) is 4.08. The summed E-state index contributed by atoms with van der Waals surface area (Å²) in [4.78, 5) is 0.944. The smallest absolute Gasteiger partial charge is 0.115 e. The van der Waals surface area contributed by atoms with Crippen molar-refractivity contribution in [1.82, 2.24) is 0 Å². The summed E-state index contributed by atoms with van der Waals surface area (Å²) in [5, 5.41) is 21.1. The Balaban J connectivity index is 2.07. The third kappa shape index (κ3) is 2.84. The SMILES string of the molecule is Oc1ccc(CC(O)c2cc(Br)cs2)cc1. The van der Waals surface area contributed by atoms with Crippen LogP contribution in [0.2, 0.25) is 0 Å². The fourth-order valence-electron chi connectivity index (χ4n) is 1.46. The molecule has 0 aliphatic rings. The van der Waals surface area contributed by atoms with Crippen LogP contribution in [0.25, 0.3) is 0 Å². The van der Waals surface area contributed by atoms with Gasteiger partial charge in [0.1, 0.15) is 5.75 Å². The van der Waals surface area contributed by atoms with Crippen LogP contribution in [0, 0.1) is 0 Å². The van der Waals surface area contributed by atoms with E-state index in [-0.39, 0.29) is 5.75 Å². The van der Waals surface area contributed by atoms with Crippen molar-refractivity contribution in [3.8, 4) is 5.75 Å². The molecule has 0 saturated heterocycles. The number of aromatic hydroxyl groups is 1. The summed E-state index contributed by atoms with van der Waals surface area (Å²) < 4.78 is 0.997. The standard InChI is InChI=1S/C12H11BrO2S/c13-9-6-12(16-7-9)11(15)5-8-1-3-10(14)4-2-8/h1-4,6-7,11,14-15H,5H2. The van der Waals surface area contributed by atoms with Gasteiger partial charge in [-0.2, -0.15) is 0 Å². The summed E-state index contributed by atoms with van der Waals surface area (Å²) in [5.74, 6) is 0.247. The topological polar surface area (TPSA) is 40.5 Å². The first-order valence-corrected chi connectivity index (χ1v) is 6.52. The van der Waals surface area contributed by atoms with Crippen LogP contribution < -0.4 is 0 Å². The number of phenolic OH excluding ortho intramolecular Hbond substituents is 1. The Morgan fingerprint density at radius 1 is 1.25 bits per heavy atom. The summed E-state index contributed by atoms with van der Waals surface area (Å²) in [6.07, 6.45) is 0.0774. The molecule has 2 nitrogen and oxygen atoms in total. The number of aliphatic hydroxyl groups is 1. The lowest BCUT2D eigenvalue weighted by molar-refractivity contribution is 0.182. The lowest BCUT2D eigenvalue weighted by atomic mass is 10.1. The Labute approximate surface area is 106 Å². The lowest BCUT2D eigenvalue weighted by Crippen LogP contribution is -1.99. The Bertz CT molecular complexity index is 464. The van der Waals surface area contributed by atoms with Crippen molar-refractivity contribution in [3.05, 3.63) is 50.6 Å². The van der Waals surface area contributed by atoms with Gasteiger partial charge in [0.15, 0.2) is 0 Å². The molecule has 0 aliphatic heterocycles. The summed E-state index contributed by atoms with van der Waals surface area (Å²) in [7, 11) is 0. The molecule has 4 heteroatoms. The van der Waals surface area contributed by atoms with Gasteiger partial charge in [0.2, 0.25) is 0 Å². The van der Waals surface area contributed by atoms with Gasteiger partial charge in [-0.1, -0.05) is 12.1 Å². The van der Waals surface area contributed by atoms with E-state index in [2.05, 4.69) is 15.9 Å². The van der Waals surface area contributed by atoms with E-state index < -0.39 is 6.10 Å². The second-order valence-corrected chi connectivity index (χ2v) is 5.41. The fourth-order valence-corrected chi connectivity index (χ4v) is 2.89. The van der Waals surface area contributed by atoms with Gasteiger partial charge in [0.25, 0.3) is 0 Å². The predicted octanol–water partition coefficient (Wildman–Crippen LogP) is 3.49. The van der Waals surface area contributed by atoms with Crippen molar-refractivity contribution in [2.24, 2.45) is 0 Å². The molecule has 1 heterocycles. The molecule has 0 radical (unpaired) electrons. The van der Waals surface area contributed by atoms with Crippen molar-refractivity contribution < 1.29 is 10.2 Å². The van der Waals surface area contributed by atoms with E-state index in [1.54, 1.807) is 12.1 Å². The number of phenols is 1. The number of rotatable bonds is 3. The molecule has 2 aromatic rings. The predicted molar refractivity (Wildman–Crippen MR) is 68.8 cm³/mol. The number of aliphatic hydroxyl groups excluding tert-OH is 1. The quantitative estimate of drug-likeness (QED) is 0.910. The highest BCUT2D eigenvalue weighted by Gasteiger charge is 2.10. The number of benzene rings is 1. The van der Waals surface area contributed by atoms with E-state index in [1.807, 2.05) is 23.6 Å². The van der Waals surface area contributed by atoms with Gasteiger partial charge in [0, 0.05) is 21.2 Å². The first-order chi connectivity index (χ1) is 7.65. The second kappa shape index (κ2) is 4.99. The molecule has 1 aromatic heterocycles. The van der Waals surface area contributed by atoms with Crippen LogP contribution in [0.1, 0.15) is 16.5 Å². The molecule has 1 aromatic carbocycles. The molecule has 0 aliphatic carbocycles. The van der Waals surface area contributed by atoms with Gasteiger partial charge < -0.3 is 10.2 Å². The second-order valence-electron chi connectivity index (χ2n) is 3.55. The highest BCUT2D eigenvalue weighted by atomic mass is 79.9. The van der Waals surface area contributed by atoms with Crippen molar-refractivity contribution in [2.75, 3.05) is 0 Å². The Hall–Kier alpha value is -0.840. The fraction of sp³-hybridized carbons (Fsp3) is 0.167. The Morgan fingerprint density at radius 2 is 1.94 bits per heavy atom. The van der Waals surface area contributed by atoms with Crippen LogP contribution in [0.5, 0.6) is 5.75 Å². The summed E-state index contributed by atoms with van der Waals surface area (Å²) in [6.45, 7) is 0. The zero-order chi connectivity index (χ0) is 11.5. The largest absolute Gasteiger partial charge is 0.508 e. The van der Waals surface area contributed by atoms with Crippen molar-refractivity contribution in [2.45, 2.75) is 12.5 Å². The summed E-state index contributed by atoms with van der Waals surface area (Å²) >= 11 is 4.90. The minimum atomic E-state index is -0.485. The van der Waals surface area contributed by atoms with Gasteiger partial charge in [-0.3, -0.25) is 0 Å². The van der Waals surface area contributed by atoms with Crippen LogP contribution in [0.4, 0.5) is 0 Å². The van der Waals surface area contributed by atoms with Crippen LogP contribution in [-0.4, -0.2) is 10.2 Å². The van der Waals surface area contributed by atoms with Crippen LogP contribution in [0.15, 0.2) is 40.2 Å². The average molecular weight is 299 g/mol. The molecule has 2 rings (SSSR count). The van der Waals surface area contributed by atoms with Crippen LogP contribution in [-0.2, 0) is 6.42 Å². The molecule has 0 amide bonds. The highest BCUT2D eigenvalue weighted by molar-refractivity contribution is 9.10. The minimum absolute atomic E-state index is 0.247. The molecule has 16 heavy (non-hydrogen) atoms. The van der Waals surface area contributed by atoms with E-state index >= 15 is 0 Å². The zero-order valence-corrected chi connectivity index (χ0v) is 10.8. The van der Waals surface area contributed by atoms with E-state index in [1.165, 1.54) is 11.3 Å². The zero-order valence-electron chi connectivity index (χ0n) is 8.43. The van der Waals surface area contributed by atoms with Crippen LogP contribution in [0.3, 0.4) is 0 Å². The number of thiophene rings is 1. The van der Waals surface area contributed by atoms with Gasteiger partial charge in [-0.15, -0.1) is 11.3 Å². The summed E-state index contributed by atoms with van der Waals surface area (Å²) in [5.41, 5.74) is 1.01. The maximum absolute atomic E-state index is 9.98. The molecular weight excluding hydrogens is 288 g/mol. The molecule has 84 valence electrons.